The van der Waals surface area contributed by atoms with Crippen molar-refractivity contribution in [2.24, 2.45) is 0 Å². The molecule has 0 atom stereocenters. The molecule has 1 saturated heterocycles. The van der Waals surface area contributed by atoms with Gasteiger partial charge in [-0.1, -0.05) is 13.8 Å². The number of likely N-dealkylation sites (N-methyl/N-ethyl adjacent to an activating group) is 2. The fraction of sp³-hybridized carbons (Fsp3) is 1.00. The Kier molecular flexibility index (Phi) is 2.51. The molecule has 1 aliphatic heterocycles. The van der Waals surface area contributed by atoms with Gasteiger partial charge in [0.2, 0.25) is 0 Å². The molecule has 5 heteroatoms. The summed E-state index contributed by atoms with van der Waals surface area (Å²) in [4.78, 5) is 0. The monoisotopic (exact) mass is 178 g/mol. The highest BCUT2D eigenvalue weighted by Gasteiger charge is 2.33. The van der Waals surface area contributed by atoms with E-state index in [9.17, 15) is 8.42 Å². The second-order valence-electron chi connectivity index (χ2n) is 2.49. The molecule has 0 aromatic rings. The average Bonchev–Trinajstić information content (AvgIpc) is 2.24. The van der Waals surface area contributed by atoms with Gasteiger partial charge in [0.25, 0.3) is 10.2 Å². The molecule has 0 N–H and O–H groups in total. The molecule has 0 amide bonds. The molecule has 0 aromatic carbocycles. The van der Waals surface area contributed by atoms with Gasteiger partial charge in [0.15, 0.2) is 0 Å². The van der Waals surface area contributed by atoms with E-state index < -0.39 is 10.2 Å². The Bertz CT molecular complexity index is 207. The molecule has 1 heterocycles. The van der Waals surface area contributed by atoms with Gasteiger partial charge in [0, 0.05) is 26.2 Å². The van der Waals surface area contributed by atoms with E-state index in [1.54, 1.807) is 0 Å². The number of hydrogen-bond acceptors (Lipinski definition) is 2. The minimum absolute atomic E-state index is 0.582. The maximum Gasteiger partial charge on any atom is 0.282 e. The molecule has 11 heavy (non-hydrogen) atoms. The number of hydrogen-bond donors (Lipinski definition) is 0. The van der Waals surface area contributed by atoms with Crippen LogP contribution in [0.3, 0.4) is 0 Å². The molecule has 0 saturated carbocycles. The first-order valence-electron chi connectivity index (χ1n) is 3.88. The highest BCUT2D eigenvalue weighted by molar-refractivity contribution is 7.87. The lowest BCUT2D eigenvalue weighted by Gasteiger charge is -2.14. The van der Waals surface area contributed by atoms with E-state index in [2.05, 4.69) is 0 Å². The molecule has 1 fully saturated rings. The van der Waals surface area contributed by atoms with Crippen LogP contribution >= 0.6 is 0 Å². The third-order valence-corrected chi connectivity index (χ3v) is 4.14. The van der Waals surface area contributed by atoms with Crippen molar-refractivity contribution in [2.45, 2.75) is 13.8 Å². The molecule has 0 radical (unpaired) electrons. The van der Waals surface area contributed by atoms with Gasteiger partial charge in [-0.15, -0.1) is 0 Å². The quantitative estimate of drug-likeness (QED) is 0.592. The minimum Gasteiger partial charge on any atom is -0.195 e. The summed E-state index contributed by atoms with van der Waals surface area (Å²) in [5.74, 6) is 0. The van der Waals surface area contributed by atoms with Crippen LogP contribution < -0.4 is 0 Å². The number of rotatable bonds is 2. The first-order valence-corrected chi connectivity index (χ1v) is 5.27. The second-order valence-corrected chi connectivity index (χ2v) is 4.42. The summed E-state index contributed by atoms with van der Waals surface area (Å²) < 4.78 is 25.8. The Labute approximate surface area is 68.0 Å². The van der Waals surface area contributed by atoms with Crippen molar-refractivity contribution in [1.29, 1.82) is 0 Å². The van der Waals surface area contributed by atoms with Crippen LogP contribution in [-0.2, 0) is 10.2 Å². The maximum atomic E-state index is 11.4. The van der Waals surface area contributed by atoms with Crippen LogP contribution in [-0.4, -0.2) is 43.2 Å². The van der Waals surface area contributed by atoms with Crippen molar-refractivity contribution in [2.75, 3.05) is 26.2 Å². The van der Waals surface area contributed by atoms with Gasteiger partial charge in [-0.05, 0) is 0 Å². The van der Waals surface area contributed by atoms with Crippen LogP contribution in [0.15, 0.2) is 0 Å². The molecular weight excluding hydrogens is 164 g/mol. The van der Waals surface area contributed by atoms with Gasteiger partial charge in [0.05, 0.1) is 0 Å². The van der Waals surface area contributed by atoms with Gasteiger partial charge in [-0.3, -0.25) is 0 Å². The molecule has 0 bridgehead atoms. The molecule has 4 nitrogen and oxygen atoms in total. The predicted octanol–water partition coefficient (Wildman–Crippen LogP) is -0.111. The molecular formula is C6H14N2O2S. The average molecular weight is 178 g/mol. The third kappa shape index (κ3) is 1.40. The van der Waals surface area contributed by atoms with Crippen molar-refractivity contribution in [3.8, 4) is 0 Å². The summed E-state index contributed by atoms with van der Waals surface area (Å²) >= 11 is 0. The fourth-order valence-electron chi connectivity index (χ4n) is 1.26. The van der Waals surface area contributed by atoms with E-state index in [0.717, 1.165) is 0 Å². The second kappa shape index (κ2) is 3.08. The van der Waals surface area contributed by atoms with E-state index in [-0.39, 0.29) is 0 Å². The Morgan fingerprint density at radius 1 is 1.09 bits per heavy atom. The maximum absolute atomic E-state index is 11.4. The third-order valence-electron chi connectivity index (χ3n) is 1.96. The summed E-state index contributed by atoms with van der Waals surface area (Å²) in [5, 5.41) is 0. The molecule has 0 unspecified atom stereocenters. The highest BCUT2D eigenvalue weighted by atomic mass is 32.2. The zero-order valence-corrected chi connectivity index (χ0v) is 7.76. The van der Waals surface area contributed by atoms with Crippen LogP contribution in [0.25, 0.3) is 0 Å². The van der Waals surface area contributed by atoms with Gasteiger partial charge in [-0.2, -0.15) is 17.0 Å². The lowest BCUT2D eigenvalue weighted by Crippen LogP contribution is -2.32. The lowest BCUT2D eigenvalue weighted by atomic mass is 10.6. The van der Waals surface area contributed by atoms with Gasteiger partial charge in [-0.25, -0.2) is 0 Å². The molecule has 66 valence electrons. The van der Waals surface area contributed by atoms with Crippen LogP contribution in [0.4, 0.5) is 0 Å². The summed E-state index contributed by atoms with van der Waals surface area (Å²) in [6.07, 6.45) is 0. The molecule has 0 aliphatic carbocycles. The van der Waals surface area contributed by atoms with Crippen LogP contribution in [0, 0.1) is 0 Å². The largest absolute Gasteiger partial charge is 0.282 e. The summed E-state index contributed by atoms with van der Waals surface area (Å²) in [5.41, 5.74) is 0. The summed E-state index contributed by atoms with van der Waals surface area (Å²) in [6, 6.07) is 0. The van der Waals surface area contributed by atoms with Gasteiger partial charge >= 0.3 is 0 Å². The molecule has 0 spiro atoms. The highest BCUT2D eigenvalue weighted by Crippen LogP contribution is 2.14. The first-order chi connectivity index (χ1) is 5.12. The van der Waals surface area contributed by atoms with Crippen molar-refractivity contribution in [1.82, 2.24) is 8.61 Å². The Morgan fingerprint density at radius 2 is 1.45 bits per heavy atom. The molecule has 1 rings (SSSR count). The van der Waals surface area contributed by atoms with Crippen molar-refractivity contribution in [3.05, 3.63) is 0 Å². The summed E-state index contributed by atoms with van der Waals surface area (Å²) in [6.45, 7) is 6.17. The fourth-order valence-corrected chi connectivity index (χ4v) is 2.86. The van der Waals surface area contributed by atoms with E-state index in [1.165, 1.54) is 8.61 Å². The smallest absolute Gasteiger partial charge is 0.195 e. The molecule has 1 aliphatic rings. The standard InChI is InChI=1S/C6H14N2O2S/c1-3-7-5-6-8(4-2)11(7,9)10/h3-6H2,1-2H3. The van der Waals surface area contributed by atoms with E-state index in [0.29, 0.717) is 26.2 Å². The normalized spacial score (nSPS) is 26.0. The van der Waals surface area contributed by atoms with Crippen LogP contribution in [0.1, 0.15) is 13.8 Å². The zero-order chi connectivity index (χ0) is 8.48. The van der Waals surface area contributed by atoms with Crippen LogP contribution in [0.5, 0.6) is 0 Å². The summed E-state index contributed by atoms with van der Waals surface area (Å²) in [7, 11) is -3.06. The van der Waals surface area contributed by atoms with Crippen molar-refractivity contribution in [3.63, 3.8) is 0 Å². The van der Waals surface area contributed by atoms with Gasteiger partial charge < -0.3 is 0 Å². The van der Waals surface area contributed by atoms with E-state index >= 15 is 0 Å². The SMILES string of the molecule is CCN1CCN(CC)S1(=O)=O. The first kappa shape index (κ1) is 8.96. The zero-order valence-electron chi connectivity index (χ0n) is 6.95. The van der Waals surface area contributed by atoms with Crippen molar-refractivity contribution < 1.29 is 8.42 Å². The Hall–Kier alpha value is -0.130. The Balaban J connectivity index is 2.81. The van der Waals surface area contributed by atoms with E-state index in [1.807, 2.05) is 13.8 Å². The topological polar surface area (TPSA) is 40.6 Å². The van der Waals surface area contributed by atoms with E-state index in [4.69, 9.17) is 0 Å². The van der Waals surface area contributed by atoms with Gasteiger partial charge in [0.1, 0.15) is 0 Å². The minimum atomic E-state index is -3.06. The Morgan fingerprint density at radius 3 is 1.64 bits per heavy atom. The number of nitrogens with zero attached hydrogens (tertiary/aromatic N) is 2. The molecule has 0 aromatic heterocycles. The predicted molar refractivity (Wildman–Crippen MR) is 43.4 cm³/mol. The van der Waals surface area contributed by atoms with Crippen LogP contribution in [0.2, 0.25) is 0 Å². The van der Waals surface area contributed by atoms with Crippen molar-refractivity contribution >= 4 is 10.2 Å². The lowest BCUT2D eigenvalue weighted by molar-refractivity contribution is 0.458.